The molecule has 0 radical (unpaired) electrons. The molecular weight excluding hydrogens is 414 g/mol. The largest absolute Gasteiger partial charge is 0.500 e. The number of nitro benzene ring substituents is 1. The Kier molecular flexibility index (Phi) is 5.74. The minimum absolute atomic E-state index is 0.0905. The van der Waals surface area contributed by atoms with E-state index in [9.17, 15) is 24.8 Å². The Morgan fingerprint density at radius 3 is 2.53 bits per heavy atom. The highest BCUT2D eigenvalue weighted by atomic mass is 32.2. The molecule has 1 amide bonds. The maximum atomic E-state index is 12.6. The summed E-state index contributed by atoms with van der Waals surface area (Å²) in [5, 5.41) is 30.3. The number of carboxylic acids is 1. The van der Waals surface area contributed by atoms with E-state index in [-0.39, 0.29) is 22.1 Å². The minimum atomic E-state index is -1.06. The van der Waals surface area contributed by atoms with Crippen molar-refractivity contribution in [1.82, 2.24) is 4.90 Å². The van der Waals surface area contributed by atoms with Crippen molar-refractivity contribution < 1.29 is 29.5 Å². The number of thioether (sulfide) groups is 1. The summed E-state index contributed by atoms with van der Waals surface area (Å²) in [4.78, 5) is 39.8. The Balaban J connectivity index is 1.94. The summed E-state index contributed by atoms with van der Waals surface area (Å²) in [6, 6.07) is 8.36. The molecule has 0 spiro atoms. The van der Waals surface area contributed by atoms with Crippen molar-refractivity contribution in [3.63, 3.8) is 0 Å². The molecule has 1 aliphatic rings. The van der Waals surface area contributed by atoms with Crippen molar-refractivity contribution in [3.8, 4) is 11.5 Å². The third-order valence-corrected chi connectivity index (χ3v) is 5.19. The van der Waals surface area contributed by atoms with Crippen molar-refractivity contribution in [1.29, 1.82) is 0 Å². The number of hydrogen-bond donors (Lipinski definition) is 2. The van der Waals surface area contributed by atoms with Gasteiger partial charge in [-0.25, -0.2) is 9.79 Å². The summed E-state index contributed by atoms with van der Waals surface area (Å²) in [7, 11) is 2.79. The van der Waals surface area contributed by atoms with Crippen molar-refractivity contribution in [2.24, 2.45) is 4.99 Å². The van der Waals surface area contributed by atoms with Crippen LogP contribution >= 0.6 is 11.8 Å². The first kappa shape index (κ1) is 20.9. The van der Waals surface area contributed by atoms with Crippen LogP contribution in [-0.2, 0) is 4.79 Å². The molecule has 1 saturated heterocycles. The standard InChI is InChI=1S/C19H15N3O7S/c1-21-17(24)15(9-10-7-13(22(27)28)16(23)14(8-10)29-2)30-19(21)20-12-5-3-11(4-6-12)18(25)26/h3-9,23H,1-2H3,(H,25,26). The molecule has 10 nitrogen and oxygen atoms in total. The zero-order valence-corrected chi connectivity index (χ0v) is 16.5. The van der Waals surface area contributed by atoms with Gasteiger partial charge in [0.2, 0.25) is 5.75 Å². The van der Waals surface area contributed by atoms with E-state index in [0.29, 0.717) is 16.4 Å². The van der Waals surface area contributed by atoms with Gasteiger partial charge >= 0.3 is 11.7 Å². The molecule has 1 fully saturated rings. The van der Waals surface area contributed by atoms with E-state index < -0.39 is 22.3 Å². The number of ether oxygens (including phenoxy) is 1. The Hall–Kier alpha value is -3.86. The number of aromatic carboxylic acids is 1. The number of benzene rings is 2. The predicted octanol–water partition coefficient (Wildman–Crippen LogP) is 3.24. The van der Waals surface area contributed by atoms with E-state index >= 15 is 0 Å². The first-order chi connectivity index (χ1) is 14.2. The number of methoxy groups -OCH3 is 1. The normalized spacial score (nSPS) is 16.3. The number of amidine groups is 1. The average Bonchev–Trinajstić information content (AvgIpc) is 2.97. The van der Waals surface area contributed by atoms with Gasteiger partial charge in [-0.05, 0) is 53.7 Å². The number of amides is 1. The van der Waals surface area contributed by atoms with Gasteiger partial charge in [0.25, 0.3) is 5.91 Å². The third-order valence-electron chi connectivity index (χ3n) is 4.13. The minimum Gasteiger partial charge on any atom is -0.500 e. The number of phenolic OH excluding ortho intramolecular Hbond substituents is 1. The van der Waals surface area contributed by atoms with E-state index in [1.54, 1.807) is 0 Å². The van der Waals surface area contributed by atoms with E-state index in [4.69, 9.17) is 9.84 Å². The van der Waals surface area contributed by atoms with Crippen LogP contribution in [0.1, 0.15) is 15.9 Å². The Labute approximate surface area is 174 Å². The summed E-state index contributed by atoms with van der Waals surface area (Å²) in [5.41, 5.74) is 0.335. The van der Waals surface area contributed by atoms with Crippen LogP contribution in [0.15, 0.2) is 46.3 Å². The molecule has 0 bridgehead atoms. The second-order valence-electron chi connectivity index (χ2n) is 6.07. The first-order valence-electron chi connectivity index (χ1n) is 8.36. The van der Waals surface area contributed by atoms with E-state index in [2.05, 4.69) is 4.99 Å². The number of aromatic hydroxyl groups is 1. The van der Waals surface area contributed by atoms with Crippen LogP contribution in [0.4, 0.5) is 11.4 Å². The molecule has 11 heteroatoms. The van der Waals surface area contributed by atoms with Crippen molar-refractivity contribution in [3.05, 3.63) is 62.5 Å². The fourth-order valence-electron chi connectivity index (χ4n) is 2.58. The summed E-state index contributed by atoms with van der Waals surface area (Å²) in [5.74, 6) is -2.11. The van der Waals surface area contributed by atoms with Crippen LogP contribution in [0.2, 0.25) is 0 Å². The lowest BCUT2D eigenvalue weighted by molar-refractivity contribution is -0.386. The van der Waals surface area contributed by atoms with Crippen molar-refractivity contribution in [2.75, 3.05) is 14.2 Å². The van der Waals surface area contributed by atoms with Crippen molar-refractivity contribution >= 4 is 46.3 Å². The zero-order chi connectivity index (χ0) is 22.0. The van der Waals surface area contributed by atoms with Crippen LogP contribution < -0.4 is 4.74 Å². The summed E-state index contributed by atoms with van der Waals surface area (Å²) in [6.45, 7) is 0. The Bertz CT molecular complexity index is 1110. The molecule has 0 aromatic heterocycles. The predicted molar refractivity (Wildman–Crippen MR) is 110 cm³/mol. The highest BCUT2D eigenvalue weighted by molar-refractivity contribution is 8.18. The van der Waals surface area contributed by atoms with Gasteiger partial charge in [0.05, 0.1) is 28.2 Å². The second-order valence-corrected chi connectivity index (χ2v) is 7.08. The molecule has 2 aromatic rings. The molecule has 30 heavy (non-hydrogen) atoms. The molecule has 2 aromatic carbocycles. The second kappa shape index (κ2) is 8.25. The van der Waals surface area contributed by atoms with Crippen LogP contribution in [-0.4, -0.2) is 51.2 Å². The number of carbonyl (C=O) groups excluding carboxylic acids is 1. The van der Waals surface area contributed by atoms with E-state index in [1.165, 1.54) is 55.5 Å². The number of carbonyl (C=O) groups is 2. The third kappa shape index (κ3) is 4.10. The molecule has 0 atom stereocenters. The van der Waals surface area contributed by atoms with Gasteiger partial charge in [-0.3, -0.25) is 19.8 Å². The number of nitro groups is 1. The van der Waals surface area contributed by atoms with Crippen LogP contribution in [0.25, 0.3) is 6.08 Å². The Morgan fingerprint density at radius 1 is 1.30 bits per heavy atom. The highest BCUT2D eigenvalue weighted by Crippen LogP contribution is 2.39. The monoisotopic (exact) mass is 429 g/mol. The molecule has 3 rings (SSSR count). The average molecular weight is 429 g/mol. The lowest BCUT2D eigenvalue weighted by atomic mass is 10.1. The summed E-state index contributed by atoms with van der Waals surface area (Å²) < 4.78 is 4.96. The van der Waals surface area contributed by atoms with Crippen molar-refractivity contribution in [2.45, 2.75) is 0 Å². The lowest BCUT2D eigenvalue weighted by Crippen LogP contribution is -2.23. The lowest BCUT2D eigenvalue weighted by Gasteiger charge is -2.07. The quantitative estimate of drug-likeness (QED) is 0.419. The van der Waals surface area contributed by atoms with Gasteiger partial charge in [0, 0.05) is 13.1 Å². The Morgan fingerprint density at radius 2 is 1.97 bits per heavy atom. The zero-order valence-electron chi connectivity index (χ0n) is 15.7. The topological polar surface area (TPSA) is 143 Å². The molecular formula is C19H15N3O7S. The van der Waals surface area contributed by atoms with Crippen LogP contribution in [0.3, 0.4) is 0 Å². The molecule has 2 N–H and O–H groups in total. The number of hydrogen-bond acceptors (Lipinski definition) is 8. The smallest absolute Gasteiger partial charge is 0.335 e. The van der Waals surface area contributed by atoms with Gasteiger partial charge in [-0.2, -0.15) is 0 Å². The summed E-state index contributed by atoms with van der Waals surface area (Å²) >= 11 is 1.06. The number of aliphatic imine (C=N–C) groups is 1. The molecule has 1 aliphatic heterocycles. The van der Waals surface area contributed by atoms with Gasteiger partial charge in [-0.1, -0.05) is 0 Å². The number of rotatable bonds is 5. The maximum Gasteiger partial charge on any atom is 0.335 e. The number of likely N-dealkylation sites (N-methyl/N-ethyl adjacent to an activating group) is 1. The van der Waals surface area contributed by atoms with E-state index in [0.717, 1.165) is 17.8 Å². The van der Waals surface area contributed by atoms with Crippen LogP contribution in [0.5, 0.6) is 11.5 Å². The fraction of sp³-hybridized carbons (Fsp3) is 0.105. The highest BCUT2D eigenvalue weighted by Gasteiger charge is 2.31. The number of carboxylic acid groups (broad SMARTS) is 1. The molecule has 0 unspecified atom stereocenters. The molecule has 0 saturated carbocycles. The first-order valence-corrected chi connectivity index (χ1v) is 9.18. The maximum absolute atomic E-state index is 12.6. The molecule has 0 aliphatic carbocycles. The number of nitrogens with zero attached hydrogens (tertiary/aromatic N) is 3. The van der Waals surface area contributed by atoms with Crippen LogP contribution in [0, 0.1) is 10.1 Å². The summed E-state index contributed by atoms with van der Waals surface area (Å²) in [6.07, 6.45) is 1.44. The number of phenols is 1. The van der Waals surface area contributed by atoms with Gasteiger partial charge in [0.15, 0.2) is 10.9 Å². The van der Waals surface area contributed by atoms with Gasteiger partial charge in [0.1, 0.15) is 0 Å². The molecule has 1 heterocycles. The van der Waals surface area contributed by atoms with Gasteiger partial charge < -0.3 is 14.9 Å². The van der Waals surface area contributed by atoms with Gasteiger partial charge in [-0.15, -0.1) is 0 Å². The fourth-order valence-corrected chi connectivity index (χ4v) is 3.57. The van der Waals surface area contributed by atoms with E-state index in [1.807, 2.05) is 0 Å². The molecule has 154 valence electrons. The SMILES string of the molecule is COc1cc(C=C2SC(=Nc3ccc(C(=O)O)cc3)N(C)C2=O)cc([N+](=O)[O-])c1O.